The van der Waals surface area contributed by atoms with E-state index in [1.165, 1.54) is 12.1 Å². The predicted molar refractivity (Wildman–Crippen MR) is 279 cm³/mol. The molecule has 0 radical (unpaired) electrons. The first-order valence-corrected chi connectivity index (χ1v) is 22.5. The summed E-state index contributed by atoms with van der Waals surface area (Å²) in [5, 5.41) is 12.7. The number of pyridine rings is 1. The second kappa shape index (κ2) is 16.7. The summed E-state index contributed by atoms with van der Waals surface area (Å²) >= 11 is 0. The molecule has 330 valence electrons. The van der Waals surface area contributed by atoms with Gasteiger partial charge in [0.25, 0.3) is 0 Å². The molecule has 0 aliphatic carbocycles. The highest BCUT2D eigenvalue weighted by Gasteiger charge is 2.30. The van der Waals surface area contributed by atoms with Crippen LogP contribution in [0.4, 0.5) is 0 Å². The zero-order chi connectivity index (χ0) is 54.2. The van der Waals surface area contributed by atoms with Crippen LogP contribution in [0.2, 0.25) is 0 Å². The molecule has 0 aliphatic rings. The van der Waals surface area contributed by atoms with Gasteiger partial charge >= 0.3 is 0 Å². The molecule has 0 amide bonds. The van der Waals surface area contributed by atoms with Crippen molar-refractivity contribution in [1.29, 1.82) is 0 Å². The molecule has 0 unspecified atom stereocenters. The molecule has 2 heterocycles. The van der Waals surface area contributed by atoms with Crippen molar-refractivity contribution in [3.05, 3.63) is 192 Å². The standard InChI is InChI=1S/C62H61N3O/c1-39-20-18-21-40(2)56(39)43-30-31-63-53(35-43)46-33-44(41-22-14-12-15-23-41)32-45(34-46)49-26-19-27-55-57(49)64-59(51-37-48(61(6,7)8)38-52(58(51)66)62(9,10)11)65(55)54-29-28-47(60(3,4)5)36-50(54)42-24-16-13-17-25-42/h12-38,66H,1-11H3/i3D3,4D3,5D3. The zero-order valence-electron chi connectivity index (χ0n) is 47.9. The Morgan fingerprint density at radius 2 is 1.14 bits per heavy atom. The number of imidazole rings is 1. The quantitative estimate of drug-likeness (QED) is 0.174. The van der Waals surface area contributed by atoms with Crippen LogP contribution in [0.3, 0.4) is 0 Å². The fourth-order valence-corrected chi connectivity index (χ4v) is 9.12. The molecule has 66 heavy (non-hydrogen) atoms. The van der Waals surface area contributed by atoms with Crippen molar-refractivity contribution in [3.63, 3.8) is 0 Å². The molecule has 4 nitrogen and oxygen atoms in total. The lowest BCUT2D eigenvalue weighted by atomic mass is 9.79. The van der Waals surface area contributed by atoms with E-state index in [-0.39, 0.29) is 16.7 Å². The molecule has 0 saturated heterocycles. The molecular weight excluding hydrogens is 803 g/mol. The number of para-hydroxylation sites is 1. The molecule has 0 atom stereocenters. The van der Waals surface area contributed by atoms with E-state index < -0.39 is 31.4 Å². The van der Waals surface area contributed by atoms with Crippen molar-refractivity contribution in [2.24, 2.45) is 0 Å². The summed E-state index contributed by atoms with van der Waals surface area (Å²) in [7, 11) is 0. The fourth-order valence-electron chi connectivity index (χ4n) is 9.12. The predicted octanol–water partition coefficient (Wildman–Crippen LogP) is 16.6. The van der Waals surface area contributed by atoms with Gasteiger partial charge in [0.2, 0.25) is 0 Å². The lowest BCUT2D eigenvalue weighted by Crippen LogP contribution is -2.17. The van der Waals surface area contributed by atoms with Crippen molar-refractivity contribution >= 4 is 11.0 Å². The van der Waals surface area contributed by atoms with E-state index in [1.807, 2.05) is 104 Å². The minimum atomic E-state index is -3.49. The van der Waals surface area contributed by atoms with Crippen LogP contribution in [0.5, 0.6) is 5.75 Å². The van der Waals surface area contributed by atoms with Gasteiger partial charge in [-0.05, 0) is 140 Å². The van der Waals surface area contributed by atoms with Crippen molar-refractivity contribution in [2.75, 3.05) is 0 Å². The third-order valence-corrected chi connectivity index (χ3v) is 12.6. The number of aryl methyl sites for hydroxylation is 2. The average Bonchev–Trinajstić information content (AvgIpc) is 3.75. The summed E-state index contributed by atoms with van der Waals surface area (Å²) < 4.78 is 79.8. The molecule has 0 spiro atoms. The van der Waals surface area contributed by atoms with Crippen LogP contribution in [-0.4, -0.2) is 19.6 Å². The maximum Gasteiger partial charge on any atom is 0.149 e. The number of phenols is 1. The smallest absolute Gasteiger partial charge is 0.149 e. The summed E-state index contributed by atoms with van der Waals surface area (Å²) in [5.74, 6) is 0.383. The first-order valence-electron chi connectivity index (χ1n) is 27.0. The molecule has 9 aromatic rings. The van der Waals surface area contributed by atoms with E-state index in [2.05, 4.69) is 89.2 Å². The number of benzene rings is 7. The van der Waals surface area contributed by atoms with E-state index in [0.717, 1.165) is 61.3 Å². The Morgan fingerprint density at radius 3 is 1.80 bits per heavy atom. The Bertz CT molecular complexity index is 3560. The van der Waals surface area contributed by atoms with Crippen LogP contribution in [0.15, 0.2) is 164 Å². The third kappa shape index (κ3) is 8.37. The molecule has 0 bridgehead atoms. The Morgan fingerprint density at radius 1 is 0.500 bits per heavy atom. The lowest BCUT2D eigenvalue weighted by Gasteiger charge is -2.28. The third-order valence-electron chi connectivity index (χ3n) is 12.6. The minimum absolute atomic E-state index is 0.0286. The van der Waals surface area contributed by atoms with Gasteiger partial charge in [-0.15, -0.1) is 0 Å². The molecule has 4 heteroatoms. The van der Waals surface area contributed by atoms with Crippen LogP contribution in [0.1, 0.15) is 102 Å². The van der Waals surface area contributed by atoms with E-state index in [4.69, 9.17) is 22.3 Å². The number of phenolic OH excluding ortho intramolecular Hbond substituents is 1. The van der Waals surface area contributed by atoms with Gasteiger partial charge in [-0.1, -0.05) is 165 Å². The van der Waals surface area contributed by atoms with Gasteiger partial charge in [-0.3, -0.25) is 9.55 Å². The molecule has 0 fully saturated rings. The number of hydrogen-bond donors (Lipinski definition) is 1. The Labute approximate surface area is 404 Å². The van der Waals surface area contributed by atoms with Gasteiger partial charge in [-0.25, -0.2) is 4.98 Å². The van der Waals surface area contributed by atoms with Gasteiger partial charge in [0, 0.05) is 40.8 Å². The zero-order valence-corrected chi connectivity index (χ0v) is 38.9. The van der Waals surface area contributed by atoms with Gasteiger partial charge in [0.05, 0.1) is 28.0 Å². The van der Waals surface area contributed by atoms with E-state index in [1.54, 1.807) is 18.2 Å². The summed E-state index contributed by atoms with van der Waals surface area (Å²) in [5.41, 5.74) is 9.84. The van der Waals surface area contributed by atoms with Crippen LogP contribution >= 0.6 is 0 Å². The molecule has 9 rings (SSSR count). The highest BCUT2D eigenvalue weighted by atomic mass is 16.3. The highest BCUT2D eigenvalue weighted by molar-refractivity contribution is 5.98. The number of hydrogen-bond acceptors (Lipinski definition) is 3. The topological polar surface area (TPSA) is 50.9 Å². The molecule has 2 aromatic heterocycles. The summed E-state index contributed by atoms with van der Waals surface area (Å²) in [6.07, 6.45) is 1.85. The SMILES string of the molecule is [2H]C([2H])([2H])C(c1ccc(-n2c(-c3cc(C(C)(C)C)cc(C(C)(C)C)c3O)nc3c(-c4cc(-c5ccccc5)cc(-c5cc(-c6c(C)cccc6C)ccn5)c4)cccc32)c(-c2ccccc2)c1)(C([2H])([2H])[2H])C([2H])([2H])[2H]. The molecular formula is C62H61N3O. The monoisotopic (exact) mass is 873 g/mol. The van der Waals surface area contributed by atoms with E-state index >= 15 is 0 Å². The number of aromatic nitrogens is 3. The minimum Gasteiger partial charge on any atom is -0.507 e. The first kappa shape index (κ1) is 34.3. The summed E-state index contributed by atoms with van der Waals surface area (Å²) in [6, 6.07) is 50.3. The van der Waals surface area contributed by atoms with Gasteiger partial charge in [0.1, 0.15) is 11.6 Å². The van der Waals surface area contributed by atoms with Crippen LogP contribution in [0, 0.1) is 13.8 Å². The van der Waals surface area contributed by atoms with Crippen molar-refractivity contribution in [3.8, 4) is 78.6 Å². The van der Waals surface area contributed by atoms with Gasteiger partial charge in [-0.2, -0.15) is 0 Å². The van der Waals surface area contributed by atoms with Crippen LogP contribution in [-0.2, 0) is 16.2 Å². The molecule has 7 aromatic carbocycles. The van der Waals surface area contributed by atoms with E-state index in [0.29, 0.717) is 44.8 Å². The molecule has 1 N–H and O–H groups in total. The maximum atomic E-state index is 12.7. The van der Waals surface area contributed by atoms with Crippen molar-refractivity contribution in [2.45, 2.75) is 92.2 Å². The van der Waals surface area contributed by atoms with E-state index in [9.17, 15) is 5.11 Å². The Kier molecular flexibility index (Phi) is 8.71. The highest BCUT2D eigenvalue weighted by Crippen LogP contribution is 2.46. The number of rotatable bonds is 7. The normalized spacial score (nSPS) is 14.8. The number of fused-ring (bicyclic) bond motifs is 1. The van der Waals surface area contributed by atoms with Gasteiger partial charge in [0.15, 0.2) is 0 Å². The second-order valence-corrected chi connectivity index (χ2v) is 19.6. The van der Waals surface area contributed by atoms with Gasteiger partial charge < -0.3 is 5.11 Å². The number of nitrogens with zero attached hydrogens (tertiary/aromatic N) is 3. The van der Waals surface area contributed by atoms with Crippen molar-refractivity contribution in [1.82, 2.24) is 14.5 Å². The Balaban J connectivity index is 1.41. The fraction of sp³-hybridized carbons (Fsp3) is 0.226. The molecule has 0 saturated carbocycles. The first-order chi connectivity index (χ1) is 35.1. The van der Waals surface area contributed by atoms with Crippen molar-refractivity contribution < 1.29 is 17.4 Å². The number of aromatic hydroxyl groups is 1. The maximum absolute atomic E-state index is 12.7. The Hall–Kier alpha value is -7.04. The summed E-state index contributed by atoms with van der Waals surface area (Å²) in [4.78, 5) is 10.5. The lowest BCUT2D eigenvalue weighted by molar-refractivity contribution is 0.446. The van der Waals surface area contributed by atoms with Crippen LogP contribution in [0.25, 0.3) is 83.9 Å². The largest absolute Gasteiger partial charge is 0.507 e. The van der Waals surface area contributed by atoms with Crippen LogP contribution < -0.4 is 0 Å². The summed E-state index contributed by atoms with van der Waals surface area (Å²) in [6.45, 7) is 6.22. The average molecular weight is 873 g/mol. The molecule has 0 aliphatic heterocycles. The second-order valence-electron chi connectivity index (χ2n) is 19.6.